The molecule has 0 fully saturated rings. The van der Waals surface area contributed by atoms with Crippen LogP contribution in [-0.2, 0) is 5.41 Å². The van der Waals surface area contributed by atoms with Crippen molar-refractivity contribution < 1.29 is 9.84 Å². The van der Waals surface area contributed by atoms with Gasteiger partial charge in [-0.15, -0.1) is 11.6 Å². The predicted octanol–water partition coefficient (Wildman–Crippen LogP) is 4.21. The summed E-state index contributed by atoms with van der Waals surface area (Å²) in [5.41, 5.74) is 2.06. The molecule has 0 spiro atoms. The molecule has 0 heterocycles. The second-order valence-electron chi connectivity index (χ2n) is 5.53. The van der Waals surface area contributed by atoms with E-state index >= 15 is 0 Å². The van der Waals surface area contributed by atoms with E-state index in [0.717, 1.165) is 16.9 Å². The molecule has 0 amide bonds. The number of ether oxygens (including phenoxy) is 1. The summed E-state index contributed by atoms with van der Waals surface area (Å²) in [6.07, 6.45) is 0. The van der Waals surface area contributed by atoms with Crippen molar-refractivity contribution in [2.45, 2.75) is 19.3 Å². The highest BCUT2D eigenvalue weighted by Crippen LogP contribution is 2.34. The average Bonchev–Trinajstić information content (AvgIpc) is 2.53. The van der Waals surface area contributed by atoms with Crippen molar-refractivity contribution >= 4 is 11.6 Å². The van der Waals surface area contributed by atoms with E-state index < -0.39 is 0 Å². The largest absolute Gasteiger partial charge is 0.507 e. The van der Waals surface area contributed by atoms with E-state index in [4.69, 9.17) is 21.6 Å². The lowest BCUT2D eigenvalue weighted by atomic mass is 9.77. The molecule has 114 valence electrons. The van der Waals surface area contributed by atoms with Gasteiger partial charge in [0.05, 0.1) is 11.4 Å². The van der Waals surface area contributed by atoms with Crippen LogP contribution < -0.4 is 4.74 Å². The Morgan fingerprint density at radius 2 is 1.77 bits per heavy atom. The predicted molar refractivity (Wildman–Crippen MR) is 87.6 cm³/mol. The van der Waals surface area contributed by atoms with E-state index in [-0.39, 0.29) is 16.7 Å². The lowest BCUT2D eigenvalue weighted by molar-refractivity contribution is 0.342. The normalized spacial score (nSPS) is 11.0. The van der Waals surface area contributed by atoms with Gasteiger partial charge in [0.2, 0.25) is 0 Å². The Morgan fingerprint density at radius 1 is 1.14 bits per heavy atom. The van der Waals surface area contributed by atoms with E-state index in [0.29, 0.717) is 12.5 Å². The SMILES string of the molecule is CC(C)(c1ccc(OCCCl)cc1)c1ccc(O)c(C#N)c1. The van der Waals surface area contributed by atoms with Crippen molar-refractivity contribution in [3.63, 3.8) is 0 Å². The zero-order chi connectivity index (χ0) is 16.2. The van der Waals surface area contributed by atoms with E-state index in [1.165, 1.54) is 0 Å². The van der Waals surface area contributed by atoms with Crippen LogP contribution in [0.15, 0.2) is 42.5 Å². The molecule has 0 unspecified atom stereocenters. The summed E-state index contributed by atoms with van der Waals surface area (Å²) < 4.78 is 5.47. The first kappa shape index (κ1) is 16.2. The minimum absolute atomic E-state index is 0.00636. The standard InChI is InChI=1S/C18H18ClNO2/c1-18(2,15-5-8-17(21)13(11-15)12-20)14-3-6-16(7-4-14)22-10-9-19/h3-8,11,21H,9-10H2,1-2H3. The molecule has 1 N–H and O–H groups in total. The number of nitriles is 1. The first-order valence-electron chi connectivity index (χ1n) is 7.02. The topological polar surface area (TPSA) is 53.2 Å². The second-order valence-corrected chi connectivity index (χ2v) is 5.91. The summed E-state index contributed by atoms with van der Waals surface area (Å²) in [7, 11) is 0. The van der Waals surface area contributed by atoms with Crippen molar-refractivity contribution in [3.05, 3.63) is 59.2 Å². The number of rotatable bonds is 5. The Kier molecular flexibility index (Phi) is 4.95. The molecule has 0 bridgehead atoms. The number of halogens is 1. The summed E-state index contributed by atoms with van der Waals surface area (Å²) in [6, 6.07) is 15.0. The van der Waals surface area contributed by atoms with Gasteiger partial charge in [-0.3, -0.25) is 0 Å². The number of alkyl halides is 1. The fourth-order valence-corrected chi connectivity index (χ4v) is 2.38. The molecule has 0 aliphatic heterocycles. The number of phenolic OH excluding ortho intramolecular Hbond substituents is 1. The lowest BCUT2D eigenvalue weighted by Gasteiger charge is -2.26. The molecular formula is C18H18ClNO2. The molecule has 0 radical (unpaired) electrons. The van der Waals surface area contributed by atoms with Gasteiger partial charge in [-0.05, 0) is 35.4 Å². The third-order valence-electron chi connectivity index (χ3n) is 3.76. The molecule has 3 nitrogen and oxygen atoms in total. The molecule has 0 aliphatic carbocycles. The first-order chi connectivity index (χ1) is 10.5. The highest BCUT2D eigenvalue weighted by molar-refractivity contribution is 6.18. The van der Waals surface area contributed by atoms with Crippen molar-refractivity contribution in [1.82, 2.24) is 0 Å². The Balaban J connectivity index is 2.31. The highest BCUT2D eigenvalue weighted by atomic mass is 35.5. The van der Waals surface area contributed by atoms with E-state index in [2.05, 4.69) is 13.8 Å². The van der Waals surface area contributed by atoms with Gasteiger partial charge in [-0.1, -0.05) is 32.0 Å². The third kappa shape index (κ3) is 3.35. The molecule has 0 atom stereocenters. The van der Waals surface area contributed by atoms with Crippen LogP contribution in [0.3, 0.4) is 0 Å². The summed E-state index contributed by atoms with van der Waals surface area (Å²) in [4.78, 5) is 0. The van der Waals surface area contributed by atoms with E-state index in [1.54, 1.807) is 12.1 Å². The van der Waals surface area contributed by atoms with Crippen LogP contribution in [0.1, 0.15) is 30.5 Å². The number of phenols is 1. The van der Waals surface area contributed by atoms with Crippen LogP contribution in [0, 0.1) is 11.3 Å². The Morgan fingerprint density at radius 3 is 2.36 bits per heavy atom. The zero-order valence-electron chi connectivity index (χ0n) is 12.6. The molecule has 4 heteroatoms. The minimum atomic E-state index is -0.287. The number of hydrogen-bond acceptors (Lipinski definition) is 3. The molecule has 2 aromatic carbocycles. The first-order valence-corrected chi connectivity index (χ1v) is 7.55. The smallest absolute Gasteiger partial charge is 0.133 e. The number of hydrogen-bond donors (Lipinski definition) is 1. The summed E-state index contributed by atoms with van der Waals surface area (Å²) >= 11 is 5.60. The monoisotopic (exact) mass is 315 g/mol. The van der Waals surface area contributed by atoms with Crippen LogP contribution in [0.2, 0.25) is 0 Å². The van der Waals surface area contributed by atoms with Crippen LogP contribution in [0.5, 0.6) is 11.5 Å². The van der Waals surface area contributed by atoms with Gasteiger partial charge in [-0.2, -0.15) is 5.26 Å². The van der Waals surface area contributed by atoms with E-state index in [1.807, 2.05) is 36.4 Å². The third-order valence-corrected chi connectivity index (χ3v) is 3.91. The van der Waals surface area contributed by atoms with E-state index in [9.17, 15) is 5.11 Å². The molecule has 2 rings (SSSR count). The van der Waals surface area contributed by atoms with Gasteiger partial charge in [0.1, 0.15) is 24.2 Å². The van der Waals surface area contributed by atoms with Gasteiger partial charge in [0.15, 0.2) is 0 Å². The van der Waals surface area contributed by atoms with Gasteiger partial charge < -0.3 is 9.84 Å². The van der Waals surface area contributed by atoms with Gasteiger partial charge in [0.25, 0.3) is 0 Å². The van der Waals surface area contributed by atoms with Crippen LogP contribution in [0.4, 0.5) is 0 Å². The maximum atomic E-state index is 9.64. The Hall–Kier alpha value is -2.18. The molecule has 0 aromatic heterocycles. The fraction of sp³-hybridized carbons (Fsp3) is 0.278. The number of aromatic hydroxyl groups is 1. The molecule has 2 aromatic rings. The van der Waals surface area contributed by atoms with Gasteiger partial charge >= 0.3 is 0 Å². The van der Waals surface area contributed by atoms with Crippen molar-refractivity contribution in [2.75, 3.05) is 12.5 Å². The summed E-state index contributed by atoms with van der Waals surface area (Å²) in [5.74, 6) is 1.24. The lowest BCUT2D eigenvalue weighted by Crippen LogP contribution is -2.19. The molecule has 22 heavy (non-hydrogen) atoms. The van der Waals surface area contributed by atoms with Crippen LogP contribution >= 0.6 is 11.6 Å². The Bertz CT molecular complexity index is 687. The maximum Gasteiger partial charge on any atom is 0.133 e. The summed E-state index contributed by atoms with van der Waals surface area (Å²) in [6.45, 7) is 4.64. The highest BCUT2D eigenvalue weighted by Gasteiger charge is 2.24. The number of benzene rings is 2. The minimum Gasteiger partial charge on any atom is -0.507 e. The second kappa shape index (κ2) is 6.72. The maximum absolute atomic E-state index is 9.64. The van der Waals surface area contributed by atoms with Gasteiger partial charge in [0, 0.05) is 5.41 Å². The molecule has 0 saturated carbocycles. The number of nitrogens with zero attached hydrogens (tertiary/aromatic N) is 1. The molecular weight excluding hydrogens is 298 g/mol. The van der Waals surface area contributed by atoms with Crippen molar-refractivity contribution in [2.24, 2.45) is 0 Å². The average molecular weight is 316 g/mol. The molecule has 0 aliphatic rings. The fourth-order valence-electron chi connectivity index (χ4n) is 2.31. The van der Waals surface area contributed by atoms with Crippen LogP contribution in [0.25, 0.3) is 0 Å². The van der Waals surface area contributed by atoms with Crippen LogP contribution in [-0.4, -0.2) is 17.6 Å². The van der Waals surface area contributed by atoms with Crippen molar-refractivity contribution in [3.8, 4) is 17.6 Å². The van der Waals surface area contributed by atoms with Gasteiger partial charge in [-0.25, -0.2) is 0 Å². The summed E-state index contributed by atoms with van der Waals surface area (Å²) in [5, 5.41) is 18.7. The zero-order valence-corrected chi connectivity index (χ0v) is 13.4. The van der Waals surface area contributed by atoms with Crippen molar-refractivity contribution in [1.29, 1.82) is 5.26 Å². The Labute approximate surface area is 135 Å². The molecule has 0 saturated heterocycles. The quantitative estimate of drug-likeness (QED) is 0.841.